The van der Waals surface area contributed by atoms with Crippen molar-refractivity contribution in [2.45, 2.75) is 6.92 Å². The second-order valence-corrected chi connectivity index (χ2v) is 4.26. The first-order chi connectivity index (χ1) is 10.6. The molecule has 1 aromatic carbocycles. The lowest BCUT2D eigenvalue weighted by Gasteiger charge is -2.05. The Balaban J connectivity index is 1.85. The number of nitrogens with zero attached hydrogens (tertiary/aromatic N) is 2. The third-order valence-electron chi connectivity index (χ3n) is 2.56. The summed E-state index contributed by atoms with van der Waals surface area (Å²) in [6, 6.07) is 9.28. The van der Waals surface area contributed by atoms with Crippen molar-refractivity contribution in [3.63, 3.8) is 0 Å². The number of hydrazone groups is 1. The van der Waals surface area contributed by atoms with Crippen LogP contribution in [0.2, 0.25) is 0 Å². The van der Waals surface area contributed by atoms with Crippen LogP contribution in [-0.4, -0.2) is 23.7 Å². The third kappa shape index (κ3) is 4.17. The summed E-state index contributed by atoms with van der Waals surface area (Å²) in [5.74, 6) is 0.705. The maximum atomic E-state index is 11.5. The number of carbonyl (C=O) groups excluding carboxylic acids is 1. The van der Waals surface area contributed by atoms with Crippen LogP contribution in [0.15, 0.2) is 45.9 Å². The molecule has 0 aliphatic rings. The Morgan fingerprint density at radius 2 is 2.18 bits per heavy atom. The van der Waals surface area contributed by atoms with Gasteiger partial charge in [0.1, 0.15) is 11.5 Å². The molecule has 0 atom stereocenters. The first kappa shape index (κ1) is 15.2. The number of benzene rings is 1. The first-order valence-corrected chi connectivity index (χ1v) is 6.31. The largest absolute Gasteiger partial charge is 0.477 e. The summed E-state index contributed by atoms with van der Waals surface area (Å²) in [4.78, 5) is 21.8. The van der Waals surface area contributed by atoms with Crippen molar-refractivity contribution in [2.75, 3.05) is 6.61 Å². The van der Waals surface area contributed by atoms with Gasteiger partial charge < -0.3 is 9.15 Å². The second-order valence-electron chi connectivity index (χ2n) is 4.26. The fourth-order valence-corrected chi connectivity index (χ4v) is 1.60. The van der Waals surface area contributed by atoms with Gasteiger partial charge >= 0.3 is 5.69 Å². The topological polar surface area (TPSA) is 107 Å². The molecule has 0 spiro atoms. The van der Waals surface area contributed by atoms with Crippen LogP contribution in [-0.2, 0) is 4.79 Å². The highest BCUT2D eigenvalue weighted by Gasteiger charge is 2.14. The van der Waals surface area contributed by atoms with Crippen LogP contribution >= 0.6 is 0 Å². The highest BCUT2D eigenvalue weighted by atomic mass is 16.6. The molecular formula is C14H13N3O5. The molecule has 0 bridgehead atoms. The predicted octanol–water partition coefficient (Wildman–Crippen LogP) is 2.03. The molecular weight excluding hydrogens is 290 g/mol. The Hall–Kier alpha value is -3.16. The van der Waals surface area contributed by atoms with E-state index in [9.17, 15) is 14.9 Å². The van der Waals surface area contributed by atoms with Gasteiger partial charge in [0.15, 0.2) is 12.4 Å². The lowest BCUT2D eigenvalue weighted by molar-refractivity contribution is -0.385. The fraction of sp³-hybridized carbons (Fsp3) is 0.143. The molecule has 2 aromatic rings. The quantitative estimate of drug-likeness (QED) is 0.499. The third-order valence-corrected chi connectivity index (χ3v) is 2.56. The number of para-hydroxylation sites is 2. The van der Waals surface area contributed by atoms with Crippen LogP contribution in [0.25, 0.3) is 0 Å². The molecule has 0 radical (unpaired) electrons. The van der Waals surface area contributed by atoms with Crippen molar-refractivity contribution in [3.8, 4) is 5.75 Å². The summed E-state index contributed by atoms with van der Waals surface area (Å²) in [6.45, 7) is 1.40. The molecule has 0 unspecified atom stereocenters. The van der Waals surface area contributed by atoms with E-state index in [4.69, 9.17) is 9.15 Å². The van der Waals surface area contributed by atoms with E-state index in [1.165, 1.54) is 24.4 Å². The first-order valence-electron chi connectivity index (χ1n) is 6.31. The van der Waals surface area contributed by atoms with Gasteiger partial charge in [-0.05, 0) is 25.1 Å². The zero-order valence-electron chi connectivity index (χ0n) is 11.7. The van der Waals surface area contributed by atoms with Gasteiger partial charge in [0.05, 0.1) is 11.1 Å². The predicted molar refractivity (Wildman–Crippen MR) is 77.8 cm³/mol. The van der Waals surface area contributed by atoms with Crippen LogP contribution in [0, 0.1) is 17.0 Å². The van der Waals surface area contributed by atoms with Crippen molar-refractivity contribution < 1.29 is 18.9 Å². The van der Waals surface area contributed by atoms with Gasteiger partial charge in [-0.25, -0.2) is 5.43 Å². The molecule has 1 aromatic heterocycles. The van der Waals surface area contributed by atoms with Gasteiger partial charge in [-0.3, -0.25) is 14.9 Å². The molecule has 8 nitrogen and oxygen atoms in total. The smallest absolute Gasteiger partial charge is 0.310 e. The Bertz CT molecular complexity index is 708. The Kier molecular flexibility index (Phi) is 4.86. The van der Waals surface area contributed by atoms with Crippen LogP contribution in [0.3, 0.4) is 0 Å². The van der Waals surface area contributed by atoms with E-state index in [1.54, 1.807) is 25.1 Å². The number of rotatable bonds is 6. The average molecular weight is 303 g/mol. The SMILES string of the molecule is Cc1ccc(/C=N\NC(=O)COc2ccccc2[N+](=O)[O-])o1. The minimum Gasteiger partial charge on any atom is -0.477 e. The van der Waals surface area contributed by atoms with E-state index < -0.39 is 10.8 Å². The molecule has 1 heterocycles. The van der Waals surface area contributed by atoms with E-state index in [1.807, 2.05) is 0 Å². The van der Waals surface area contributed by atoms with Crippen molar-refractivity contribution in [3.05, 3.63) is 58.0 Å². The van der Waals surface area contributed by atoms with Gasteiger partial charge in [0.25, 0.3) is 5.91 Å². The van der Waals surface area contributed by atoms with E-state index in [0.717, 1.165) is 5.76 Å². The fourth-order valence-electron chi connectivity index (χ4n) is 1.60. The summed E-state index contributed by atoms with van der Waals surface area (Å²) in [5, 5.41) is 14.5. The Labute approximate surface area is 125 Å². The number of amides is 1. The molecule has 1 amide bonds. The summed E-state index contributed by atoms with van der Waals surface area (Å²) < 4.78 is 10.3. The number of ether oxygens (including phenoxy) is 1. The van der Waals surface area contributed by atoms with Crippen LogP contribution < -0.4 is 10.2 Å². The lowest BCUT2D eigenvalue weighted by atomic mass is 10.3. The van der Waals surface area contributed by atoms with E-state index >= 15 is 0 Å². The number of hydrogen-bond donors (Lipinski definition) is 1. The van der Waals surface area contributed by atoms with Crippen molar-refractivity contribution >= 4 is 17.8 Å². The number of nitrogens with one attached hydrogen (secondary N) is 1. The van der Waals surface area contributed by atoms with Gasteiger partial charge in [0.2, 0.25) is 0 Å². The molecule has 0 saturated carbocycles. The Morgan fingerprint density at radius 3 is 2.86 bits per heavy atom. The normalized spacial score (nSPS) is 10.6. The van der Waals surface area contributed by atoms with Crippen molar-refractivity contribution in [2.24, 2.45) is 5.10 Å². The van der Waals surface area contributed by atoms with Crippen LogP contribution in [0.1, 0.15) is 11.5 Å². The molecule has 0 aliphatic heterocycles. The van der Waals surface area contributed by atoms with Gasteiger partial charge in [0, 0.05) is 6.07 Å². The van der Waals surface area contributed by atoms with Crippen molar-refractivity contribution in [1.29, 1.82) is 0 Å². The van der Waals surface area contributed by atoms with Gasteiger partial charge in [-0.2, -0.15) is 5.10 Å². The maximum Gasteiger partial charge on any atom is 0.310 e. The highest BCUT2D eigenvalue weighted by molar-refractivity contribution is 5.81. The summed E-state index contributed by atoms with van der Waals surface area (Å²) in [5.41, 5.74) is 2.03. The summed E-state index contributed by atoms with van der Waals surface area (Å²) >= 11 is 0. The van der Waals surface area contributed by atoms with Gasteiger partial charge in [-0.1, -0.05) is 12.1 Å². The molecule has 22 heavy (non-hydrogen) atoms. The minimum absolute atomic E-state index is 0.0216. The number of aryl methyl sites for hydroxylation is 1. The zero-order valence-corrected chi connectivity index (χ0v) is 11.7. The second kappa shape index (κ2) is 7.02. The molecule has 2 rings (SSSR count). The van der Waals surface area contributed by atoms with Gasteiger partial charge in [-0.15, -0.1) is 0 Å². The van der Waals surface area contributed by atoms with Crippen molar-refractivity contribution in [1.82, 2.24) is 5.43 Å². The summed E-state index contributed by atoms with van der Waals surface area (Å²) in [6.07, 6.45) is 1.34. The van der Waals surface area contributed by atoms with E-state index in [0.29, 0.717) is 5.76 Å². The molecule has 1 N–H and O–H groups in total. The molecule has 0 fully saturated rings. The Morgan fingerprint density at radius 1 is 1.41 bits per heavy atom. The monoisotopic (exact) mass is 303 g/mol. The highest BCUT2D eigenvalue weighted by Crippen LogP contribution is 2.25. The summed E-state index contributed by atoms with van der Waals surface area (Å²) in [7, 11) is 0. The number of nitro benzene ring substituents is 1. The van der Waals surface area contributed by atoms with E-state index in [-0.39, 0.29) is 18.0 Å². The molecule has 114 valence electrons. The number of nitro groups is 1. The number of furan rings is 1. The minimum atomic E-state index is -0.579. The van der Waals surface area contributed by atoms with Crippen LogP contribution in [0.5, 0.6) is 5.75 Å². The molecule has 0 saturated heterocycles. The molecule has 0 aliphatic carbocycles. The maximum absolute atomic E-state index is 11.5. The standard InChI is InChI=1S/C14H13N3O5/c1-10-6-7-11(22-10)8-15-16-14(18)9-21-13-5-3-2-4-12(13)17(19)20/h2-8H,9H2,1H3,(H,16,18)/b15-8-. The molecule has 8 heteroatoms. The lowest BCUT2D eigenvalue weighted by Crippen LogP contribution is -2.24. The number of hydrogen-bond acceptors (Lipinski definition) is 6. The zero-order chi connectivity index (χ0) is 15.9. The average Bonchev–Trinajstić information content (AvgIpc) is 2.91. The van der Waals surface area contributed by atoms with E-state index in [2.05, 4.69) is 10.5 Å². The van der Waals surface area contributed by atoms with Crippen LogP contribution in [0.4, 0.5) is 5.69 Å². The number of carbonyl (C=O) groups is 1.